The number of methoxy groups -OCH3 is 2. The van der Waals surface area contributed by atoms with E-state index in [9.17, 15) is 14.0 Å². The Morgan fingerprint density at radius 3 is 2.58 bits per heavy atom. The predicted octanol–water partition coefficient (Wildman–Crippen LogP) is 2.88. The SMILES string of the molecule is COc1ccc(C(=O)NCc2cc(=O)oc3ccc(F)cc23)cc1OC. The van der Waals surface area contributed by atoms with Gasteiger partial charge in [-0.15, -0.1) is 0 Å². The van der Waals surface area contributed by atoms with Crippen LogP contribution in [0.15, 0.2) is 51.7 Å². The number of hydrogen-bond acceptors (Lipinski definition) is 5. The van der Waals surface area contributed by atoms with E-state index < -0.39 is 11.4 Å². The second kappa shape index (κ2) is 7.26. The predicted molar refractivity (Wildman–Crippen MR) is 93.2 cm³/mol. The number of carbonyl (C=O) groups excluding carboxylic acids is 1. The van der Waals surface area contributed by atoms with Gasteiger partial charge in [-0.25, -0.2) is 9.18 Å². The number of hydrogen-bond donors (Lipinski definition) is 1. The summed E-state index contributed by atoms with van der Waals surface area (Å²) >= 11 is 0. The highest BCUT2D eigenvalue weighted by atomic mass is 19.1. The molecule has 0 saturated carbocycles. The zero-order chi connectivity index (χ0) is 18.7. The first kappa shape index (κ1) is 17.5. The van der Waals surface area contributed by atoms with Crippen LogP contribution in [0.1, 0.15) is 15.9 Å². The van der Waals surface area contributed by atoms with Gasteiger partial charge in [0.1, 0.15) is 11.4 Å². The largest absolute Gasteiger partial charge is 0.493 e. The van der Waals surface area contributed by atoms with Gasteiger partial charge >= 0.3 is 5.63 Å². The van der Waals surface area contributed by atoms with Crippen molar-refractivity contribution >= 4 is 16.9 Å². The van der Waals surface area contributed by atoms with E-state index in [1.165, 1.54) is 38.5 Å². The minimum atomic E-state index is -0.570. The summed E-state index contributed by atoms with van der Waals surface area (Å²) in [5, 5.41) is 3.13. The van der Waals surface area contributed by atoms with E-state index in [4.69, 9.17) is 13.9 Å². The number of halogens is 1. The zero-order valence-corrected chi connectivity index (χ0v) is 14.2. The van der Waals surface area contributed by atoms with Crippen molar-refractivity contribution in [3.63, 3.8) is 0 Å². The molecule has 6 nitrogen and oxygen atoms in total. The van der Waals surface area contributed by atoms with Crippen LogP contribution >= 0.6 is 0 Å². The molecule has 1 heterocycles. The van der Waals surface area contributed by atoms with Crippen LogP contribution in [0.2, 0.25) is 0 Å². The molecule has 0 aliphatic carbocycles. The molecule has 2 aromatic carbocycles. The normalized spacial score (nSPS) is 10.6. The zero-order valence-electron chi connectivity index (χ0n) is 14.2. The van der Waals surface area contributed by atoms with Crippen LogP contribution in [0.3, 0.4) is 0 Å². The van der Waals surface area contributed by atoms with Gasteiger partial charge in [0.15, 0.2) is 11.5 Å². The van der Waals surface area contributed by atoms with Crippen LogP contribution in [0, 0.1) is 5.82 Å². The molecule has 0 fully saturated rings. The second-order valence-electron chi connectivity index (χ2n) is 5.48. The Kier molecular flexibility index (Phi) is 4.88. The topological polar surface area (TPSA) is 77.8 Å². The molecule has 1 aromatic heterocycles. The Balaban J connectivity index is 1.85. The summed E-state index contributed by atoms with van der Waals surface area (Å²) in [6.45, 7) is 0.0404. The lowest BCUT2D eigenvalue weighted by Crippen LogP contribution is -2.23. The van der Waals surface area contributed by atoms with Gasteiger partial charge in [0.2, 0.25) is 0 Å². The molecule has 134 valence electrons. The summed E-state index contributed by atoms with van der Waals surface area (Å²) in [4.78, 5) is 24.0. The van der Waals surface area contributed by atoms with E-state index in [1.807, 2.05) is 0 Å². The van der Waals surface area contributed by atoms with Crippen molar-refractivity contribution < 1.29 is 23.1 Å². The summed E-state index contributed by atoms with van der Waals surface area (Å²) < 4.78 is 28.9. The van der Waals surface area contributed by atoms with Crippen molar-refractivity contribution in [1.29, 1.82) is 0 Å². The summed E-state index contributed by atoms with van der Waals surface area (Å²) in [5.41, 5.74) is 0.513. The number of benzene rings is 2. The lowest BCUT2D eigenvalue weighted by Gasteiger charge is -2.11. The minimum absolute atomic E-state index is 0.0404. The molecule has 0 bridgehead atoms. The maximum absolute atomic E-state index is 13.5. The average molecular weight is 357 g/mol. The van der Waals surface area contributed by atoms with Gasteiger partial charge in [-0.3, -0.25) is 4.79 Å². The molecule has 0 spiro atoms. The van der Waals surface area contributed by atoms with Crippen LogP contribution in [0.25, 0.3) is 11.0 Å². The van der Waals surface area contributed by atoms with Crippen molar-refractivity contribution in [2.24, 2.45) is 0 Å². The van der Waals surface area contributed by atoms with E-state index >= 15 is 0 Å². The molecule has 26 heavy (non-hydrogen) atoms. The third-order valence-corrected chi connectivity index (χ3v) is 3.88. The van der Waals surface area contributed by atoms with E-state index in [0.717, 1.165) is 0 Å². The highest BCUT2D eigenvalue weighted by Gasteiger charge is 2.12. The summed E-state index contributed by atoms with van der Waals surface area (Å²) in [6.07, 6.45) is 0. The third-order valence-electron chi connectivity index (χ3n) is 3.88. The second-order valence-corrected chi connectivity index (χ2v) is 5.48. The van der Waals surface area contributed by atoms with E-state index in [1.54, 1.807) is 18.2 Å². The first-order valence-electron chi connectivity index (χ1n) is 7.74. The average Bonchev–Trinajstić information content (AvgIpc) is 2.65. The van der Waals surface area contributed by atoms with Crippen LogP contribution in [0.5, 0.6) is 11.5 Å². The van der Waals surface area contributed by atoms with Crippen LogP contribution in [0.4, 0.5) is 4.39 Å². The van der Waals surface area contributed by atoms with Crippen LogP contribution in [-0.4, -0.2) is 20.1 Å². The molecular formula is C19H16FNO5. The Bertz CT molecular complexity index is 1030. The molecule has 0 aliphatic rings. The van der Waals surface area contributed by atoms with Gasteiger partial charge in [0, 0.05) is 23.6 Å². The summed E-state index contributed by atoms with van der Waals surface area (Å²) in [7, 11) is 2.98. The van der Waals surface area contributed by atoms with Gasteiger partial charge < -0.3 is 19.2 Å². The minimum Gasteiger partial charge on any atom is -0.493 e. The molecule has 0 radical (unpaired) electrons. The molecule has 0 aliphatic heterocycles. The highest BCUT2D eigenvalue weighted by molar-refractivity contribution is 5.95. The Hall–Kier alpha value is -3.35. The van der Waals surface area contributed by atoms with E-state index in [-0.39, 0.29) is 18.0 Å². The van der Waals surface area contributed by atoms with Gasteiger partial charge in [-0.05, 0) is 42.0 Å². The molecule has 1 amide bonds. The molecule has 1 N–H and O–H groups in total. The smallest absolute Gasteiger partial charge is 0.336 e. The molecule has 0 unspecified atom stereocenters. The van der Waals surface area contributed by atoms with Gasteiger partial charge in [-0.2, -0.15) is 0 Å². The van der Waals surface area contributed by atoms with Crippen molar-refractivity contribution in [1.82, 2.24) is 5.32 Å². The number of ether oxygens (including phenoxy) is 2. The molecule has 3 rings (SSSR count). The van der Waals surface area contributed by atoms with Crippen molar-refractivity contribution in [2.75, 3.05) is 14.2 Å². The number of carbonyl (C=O) groups is 1. The fourth-order valence-corrected chi connectivity index (χ4v) is 2.60. The maximum Gasteiger partial charge on any atom is 0.336 e. The van der Waals surface area contributed by atoms with Gasteiger partial charge in [0.25, 0.3) is 5.91 Å². The van der Waals surface area contributed by atoms with Crippen molar-refractivity contribution in [3.05, 3.63) is 69.8 Å². The van der Waals surface area contributed by atoms with E-state index in [2.05, 4.69) is 5.32 Å². The van der Waals surface area contributed by atoms with Crippen molar-refractivity contribution in [2.45, 2.75) is 6.54 Å². The van der Waals surface area contributed by atoms with E-state index in [0.29, 0.717) is 28.0 Å². The quantitative estimate of drug-likeness (QED) is 0.711. The Morgan fingerprint density at radius 1 is 1.08 bits per heavy atom. The van der Waals surface area contributed by atoms with Gasteiger partial charge in [-0.1, -0.05) is 0 Å². The maximum atomic E-state index is 13.5. The molecule has 0 saturated heterocycles. The summed E-state index contributed by atoms with van der Waals surface area (Å²) in [5.74, 6) is 0.0989. The Morgan fingerprint density at radius 2 is 1.85 bits per heavy atom. The first-order chi connectivity index (χ1) is 12.5. The number of nitrogens with one attached hydrogen (secondary N) is 1. The third kappa shape index (κ3) is 3.51. The lowest BCUT2D eigenvalue weighted by atomic mass is 10.1. The number of rotatable bonds is 5. The molecular weight excluding hydrogens is 341 g/mol. The standard InChI is InChI=1S/C19H16FNO5/c1-24-16-5-3-11(7-17(16)25-2)19(23)21-10-12-8-18(22)26-15-6-4-13(20)9-14(12)15/h3-9H,10H2,1-2H3,(H,21,23). The van der Waals surface area contributed by atoms with Crippen molar-refractivity contribution in [3.8, 4) is 11.5 Å². The molecule has 7 heteroatoms. The fourth-order valence-electron chi connectivity index (χ4n) is 2.60. The monoisotopic (exact) mass is 357 g/mol. The van der Waals surface area contributed by atoms with Crippen LogP contribution in [-0.2, 0) is 6.54 Å². The fraction of sp³-hybridized carbons (Fsp3) is 0.158. The summed E-state index contributed by atoms with van der Waals surface area (Å²) in [6, 6.07) is 9.84. The van der Waals surface area contributed by atoms with Crippen LogP contribution < -0.4 is 20.4 Å². The highest BCUT2D eigenvalue weighted by Crippen LogP contribution is 2.27. The number of amides is 1. The Labute approximate surface area is 148 Å². The molecule has 0 atom stereocenters. The van der Waals surface area contributed by atoms with Gasteiger partial charge in [0.05, 0.1) is 14.2 Å². The lowest BCUT2D eigenvalue weighted by molar-refractivity contribution is 0.0950. The number of fused-ring (bicyclic) bond motifs is 1. The molecule has 3 aromatic rings. The first-order valence-corrected chi connectivity index (χ1v) is 7.74.